The van der Waals surface area contributed by atoms with E-state index in [2.05, 4.69) is 20.9 Å². The Morgan fingerprint density at radius 1 is 1.20 bits per heavy atom. The van der Waals surface area contributed by atoms with E-state index < -0.39 is 0 Å². The summed E-state index contributed by atoms with van der Waals surface area (Å²) in [6.45, 7) is -0.0271. The number of hydrogen-bond acceptors (Lipinski definition) is 6. The minimum atomic E-state index is -0.280. The molecule has 0 saturated heterocycles. The molecule has 3 rings (SSSR count). The largest absolute Gasteiger partial charge is 0.493 e. The summed E-state index contributed by atoms with van der Waals surface area (Å²) in [6, 6.07) is 5.08. The molecule has 0 bridgehead atoms. The van der Waals surface area contributed by atoms with Crippen LogP contribution in [-0.4, -0.2) is 41.0 Å². The number of methoxy groups -OCH3 is 2. The molecular formula is C16H19N5O4. The first-order valence-electron chi connectivity index (χ1n) is 7.82. The van der Waals surface area contributed by atoms with Crippen molar-refractivity contribution in [3.8, 4) is 11.5 Å². The van der Waals surface area contributed by atoms with Gasteiger partial charge in [0, 0.05) is 17.7 Å². The lowest BCUT2D eigenvalue weighted by molar-refractivity contribution is -0.117. The van der Waals surface area contributed by atoms with Crippen molar-refractivity contribution in [1.29, 1.82) is 0 Å². The second-order valence-electron chi connectivity index (χ2n) is 5.68. The number of benzene rings is 1. The molecule has 2 amide bonds. The van der Waals surface area contributed by atoms with Crippen LogP contribution in [0.25, 0.3) is 0 Å². The molecule has 1 aliphatic rings. The normalized spacial score (nSPS) is 13.2. The summed E-state index contributed by atoms with van der Waals surface area (Å²) in [7, 11) is 3.07. The topological polar surface area (TPSA) is 107 Å². The lowest BCUT2D eigenvalue weighted by Gasteiger charge is -2.10. The predicted octanol–water partition coefficient (Wildman–Crippen LogP) is 1.28. The molecule has 2 aromatic rings. The molecule has 0 radical (unpaired) electrons. The SMILES string of the molecule is COc1ccc(NC(=O)Cn2cc(NC(=O)C3CC3)nn2)cc1OC. The lowest BCUT2D eigenvalue weighted by atomic mass is 10.2. The van der Waals surface area contributed by atoms with Crippen LogP contribution in [0.3, 0.4) is 0 Å². The van der Waals surface area contributed by atoms with Crippen molar-refractivity contribution in [3.05, 3.63) is 24.4 Å². The highest BCUT2D eigenvalue weighted by atomic mass is 16.5. The first-order valence-corrected chi connectivity index (χ1v) is 7.82. The van der Waals surface area contributed by atoms with E-state index in [0.717, 1.165) is 12.8 Å². The molecule has 1 aromatic heterocycles. The van der Waals surface area contributed by atoms with E-state index >= 15 is 0 Å². The van der Waals surface area contributed by atoms with E-state index in [1.807, 2.05) is 0 Å². The highest BCUT2D eigenvalue weighted by molar-refractivity contribution is 5.93. The molecule has 2 N–H and O–H groups in total. The fourth-order valence-corrected chi connectivity index (χ4v) is 2.27. The summed E-state index contributed by atoms with van der Waals surface area (Å²) >= 11 is 0. The Bertz CT molecular complexity index is 785. The smallest absolute Gasteiger partial charge is 0.246 e. The van der Waals surface area contributed by atoms with Gasteiger partial charge < -0.3 is 20.1 Å². The molecule has 0 spiro atoms. The van der Waals surface area contributed by atoms with Gasteiger partial charge in [-0.15, -0.1) is 5.10 Å². The molecule has 1 aromatic carbocycles. The molecule has 132 valence electrons. The molecule has 1 heterocycles. The number of anilines is 2. The zero-order valence-corrected chi connectivity index (χ0v) is 14.0. The lowest BCUT2D eigenvalue weighted by Crippen LogP contribution is -2.19. The van der Waals surface area contributed by atoms with Gasteiger partial charge in [0.1, 0.15) is 6.54 Å². The molecule has 1 aliphatic carbocycles. The van der Waals surface area contributed by atoms with Crippen LogP contribution in [0, 0.1) is 5.92 Å². The van der Waals surface area contributed by atoms with Gasteiger partial charge in [-0.2, -0.15) is 0 Å². The van der Waals surface area contributed by atoms with Crippen molar-refractivity contribution in [1.82, 2.24) is 15.0 Å². The molecule has 9 heteroatoms. The van der Waals surface area contributed by atoms with E-state index in [1.165, 1.54) is 18.0 Å². The molecule has 9 nitrogen and oxygen atoms in total. The van der Waals surface area contributed by atoms with Gasteiger partial charge in [0.2, 0.25) is 11.8 Å². The van der Waals surface area contributed by atoms with Gasteiger partial charge in [0.05, 0.1) is 20.4 Å². The van der Waals surface area contributed by atoms with Gasteiger partial charge in [-0.3, -0.25) is 9.59 Å². The summed E-state index contributed by atoms with van der Waals surface area (Å²) in [6.07, 6.45) is 3.34. The number of carbonyl (C=O) groups excluding carboxylic acids is 2. The van der Waals surface area contributed by atoms with Crippen molar-refractivity contribution in [2.24, 2.45) is 5.92 Å². The summed E-state index contributed by atoms with van der Waals surface area (Å²) in [5.41, 5.74) is 0.574. The number of nitrogens with one attached hydrogen (secondary N) is 2. The molecule has 1 saturated carbocycles. The maximum Gasteiger partial charge on any atom is 0.246 e. The van der Waals surface area contributed by atoms with Crippen LogP contribution in [0.1, 0.15) is 12.8 Å². The number of aromatic nitrogens is 3. The van der Waals surface area contributed by atoms with Crippen molar-refractivity contribution >= 4 is 23.3 Å². The van der Waals surface area contributed by atoms with E-state index in [-0.39, 0.29) is 24.3 Å². The van der Waals surface area contributed by atoms with Crippen molar-refractivity contribution in [2.75, 3.05) is 24.9 Å². The highest BCUT2D eigenvalue weighted by Gasteiger charge is 2.30. The van der Waals surface area contributed by atoms with Crippen molar-refractivity contribution in [3.63, 3.8) is 0 Å². The van der Waals surface area contributed by atoms with Crippen LogP contribution < -0.4 is 20.1 Å². The van der Waals surface area contributed by atoms with E-state index in [1.54, 1.807) is 25.3 Å². The Morgan fingerprint density at radius 3 is 2.64 bits per heavy atom. The number of amides is 2. The van der Waals surface area contributed by atoms with Crippen molar-refractivity contribution in [2.45, 2.75) is 19.4 Å². The van der Waals surface area contributed by atoms with Gasteiger partial charge in [-0.25, -0.2) is 4.68 Å². The van der Waals surface area contributed by atoms with Gasteiger partial charge in [0.25, 0.3) is 0 Å². The number of nitrogens with zero attached hydrogens (tertiary/aromatic N) is 3. The zero-order valence-electron chi connectivity index (χ0n) is 14.0. The average Bonchev–Trinajstić information content (AvgIpc) is 3.37. The van der Waals surface area contributed by atoms with E-state index in [4.69, 9.17) is 9.47 Å². The van der Waals surface area contributed by atoms with Gasteiger partial charge in [-0.05, 0) is 25.0 Å². The second-order valence-corrected chi connectivity index (χ2v) is 5.68. The maximum atomic E-state index is 12.1. The fourth-order valence-electron chi connectivity index (χ4n) is 2.27. The average molecular weight is 345 g/mol. The van der Waals surface area contributed by atoms with Gasteiger partial charge >= 0.3 is 0 Å². The summed E-state index contributed by atoms with van der Waals surface area (Å²) in [5.74, 6) is 1.19. The molecular weight excluding hydrogens is 326 g/mol. The van der Waals surface area contributed by atoms with Crippen LogP contribution in [0.5, 0.6) is 11.5 Å². The standard InChI is InChI=1S/C16H19N5O4/c1-24-12-6-5-11(7-13(12)25-2)17-15(22)9-21-8-14(19-20-21)18-16(23)10-3-4-10/h5-8,10H,3-4,9H2,1-2H3,(H,17,22)(H,18,23). The number of hydrogen-bond donors (Lipinski definition) is 2. The van der Waals surface area contributed by atoms with E-state index in [0.29, 0.717) is 23.0 Å². The summed E-state index contributed by atoms with van der Waals surface area (Å²) < 4.78 is 11.7. The third-order valence-corrected chi connectivity index (χ3v) is 3.71. The number of ether oxygens (including phenoxy) is 2. The van der Waals surface area contributed by atoms with Crippen LogP contribution >= 0.6 is 0 Å². The Morgan fingerprint density at radius 2 is 1.96 bits per heavy atom. The minimum absolute atomic E-state index is 0.0271. The van der Waals surface area contributed by atoms with Crippen LogP contribution in [0.2, 0.25) is 0 Å². The molecule has 0 unspecified atom stereocenters. The second kappa shape index (κ2) is 7.20. The predicted molar refractivity (Wildman–Crippen MR) is 89.6 cm³/mol. The maximum absolute atomic E-state index is 12.1. The Balaban J connectivity index is 1.57. The zero-order chi connectivity index (χ0) is 17.8. The first kappa shape index (κ1) is 16.7. The first-order chi connectivity index (χ1) is 12.1. The Labute approximate surface area is 144 Å². The third kappa shape index (κ3) is 4.25. The molecule has 25 heavy (non-hydrogen) atoms. The summed E-state index contributed by atoms with van der Waals surface area (Å²) in [5, 5.41) is 13.1. The number of rotatable bonds is 7. The van der Waals surface area contributed by atoms with Crippen LogP contribution in [-0.2, 0) is 16.1 Å². The molecule has 1 fully saturated rings. The van der Waals surface area contributed by atoms with Crippen LogP contribution in [0.15, 0.2) is 24.4 Å². The Kier molecular flexibility index (Phi) is 4.82. The quantitative estimate of drug-likeness (QED) is 0.783. The fraction of sp³-hybridized carbons (Fsp3) is 0.375. The number of carbonyl (C=O) groups is 2. The third-order valence-electron chi connectivity index (χ3n) is 3.71. The molecule has 0 atom stereocenters. The minimum Gasteiger partial charge on any atom is -0.493 e. The summed E-state index contributed by atoms with van der Waals surface area (Å²) in [4.78, 5) is 23.8. The van der Waals surface area contributed by atoms with Gasteiger partial charge in [0.15, 0.2) is 17.3 Å². The van der Waals surface area contributed by atoms with E-state index in [9.17, 15) is 9.59 Å². The molecule has 0 aliphatic heterocycles. The highest BCUT2D eigenvalue weighted by Crippen LogP contribution is 2.30. The van der Waals surface area contributed by atoms with Gasteiger partial charge in [-0.1, -0.05) is 5.21 Å². The van der Waals surface area contributed by atoms with Crippen molar-refractivity contribution < 1.29 is 19.1 Å². The van der Waals surface area contributed by atoms with Crippen LogP contribution in [0.4, 0.5) is 11.5 Å². The monoisotopic (exact) mass is 345 g/mol. The Hall–Kier alpha value is -3.10.